The maximum atomic E-state index is 13.5. The van der Waals surface area contributed by atoms with Gasteiger partial charge in [0.1, 0.15) is 17.7 Å². The number of piperazine rings is 1. The minimum absolute atomic E-state index is 0.0679. The van der Waals surface area contributed by atoms with Crippen molar-refractivity contribution in [3.05, 3.63) is 81.3 Å². The lowest BCUT2D eigenvalue weighted by Gasteiger charge is -2.36. The first-order valence-corrected chi connectivity index (χ1v) is 13.7. The molecule has 1 aromatic heterocycles. The van der Waals surface area contributed by atoms with Gasteiger partial charge in [-0.25, -0.2) is 17.8 Å². The average molecular weight is 596 g/mol. The number of nitrogens with one attached hydrogen (secondary N) is 1. The van der Waals surface area contributed by atoms with Gasteiger partial charge in [0, 0.05) is 26.2 Å². The van der Waals surface area contributed by atoms with Gasteiger partial charge in [-0.1, -0.05) is 23.7 Å². The summed E-state index contributed by atoms with van der Waals surface area (Å²) in [6.07, 6.45) is -4.68. The molecule has 40 heavy (non-hydrogen) atoms. The van der Waals surface area contributed by atoms with Crippen LogP contribution < -0.4 is 9.62 Å². The van der Waals surface area contributed by atoms with E-state index in [9.17, 15) is 36.0 Å². The third kappa shape index (κ3) is 5.68. The minimum atomic E-state index is -4.68. The van der Waals surface area contributed by atoms with Crippen LogP contribution in [0.15, 0.2) is 47.4 Å². The number of hydrogen-bond acceptors (Lipinski definition) is 6. The highest BCUT2D eigenvalue weighted by molar-refractivity contribution is 7.92. The Morgan fingerprint density at radius 3 is 2.35 bits per heavy atom. The van der Waals surface area contributed by atoms with Crippen LogP contribution in [-0.4, -0.2) is 50.4 Å². The number of carbonyl (C=O) groups excluding carboxylic acids is 1. The number of aryl methyl sites for hydroxylation is 1. The second kappa shape index (κ2) is 10.9. The van der Waals surface area contributed by atoms with Crippen LogP contribution >= 0.6 is 11.6 Å². The molecule has 0 aliphatic carbocycles. The number of anilines is 2. The number of hydrogen-bond donors (Lipinski definition) is 1. The summed E-state index contributed by atoms with van der Waals surface area (Å²) in [5, 5.41) is 9.53. The molecule has 1 amide bonds. The SMILES string of the molecule is Cc1nc(N2CCN(C(=O)c3ccccc3C(F)(F)F)CC2)c(C#N)c(C)c1NS(=O)(=O)c1ccc(F)c(Cl)c1. The first-order chi connectivity index (χ1) is 18.7. The molecule has 1 aliphatic rings. The maximum absolute atomic E-state index is 13.5. The second-order valence-corrected chi connectivity index (χ2v) is 11.1. The Kier molecular flexibility index (Phi) is 7.96. The molecule has 210 valence electrons. The standard InChI is InChI=1S/C26H22ClF4N5O3S/c1-15-19(14-32)24(33-16(2)23(15)34-40(38,39)17-7-8-22(28)21(27)13-17)35-9-11-36(12-10-35)25(37)18-5-3-4-6-20(18)26(29,30)31/h3-8,13,34H,9-12H2,1-2H3. The number of rotatable bonds is 5. The van der Waals surface area contributed by atoms with E-state index in [4.69, 9.17) is 11.6 Å². The lowest BCUT2D eigenvalue weighted by Crippen LogP contribution is -2.49. The number of benzene rings is 2. The van der Waals surface area contributed by atoms with E-state index in [-0.39, 0.29) is 58.9 Å². The molecule has 0 atom stereocenters. The van der Waals surface area contributed by atoms with E-state index in [2.05, 4.69) is 9.71 Å². The van der Waals surface area contributed by atoms with E-state index in [1.54, 1.807) is 18.7 Å². The van der Waals surface area contributed by atoms with Crippen molar-refractivity contribution in [3.8, 4) is 6.07 Å². The van der Waals surface area contributed by atoms with E-state index in [0.717, 1.165) is 30.3 Å². The van der Waals surface area contributed by atoms with Gasteiger partial charge in [0.2, 0.25) is 0 Å². The first kappa shape index (κ1) is 29.1. The van der Waals surface area contributed by atoms with Crippen molar-refractivity contribution in [1.29, 1.82) is 5.26 Å². The van der Waals surface area contributed by atoms with Crippen LogP contribution in [0.1, 0.15) is 32.7 Å². The number of aromatic nitrogens is 1. The number of carbonyl (C=O) groups is 1. The highest BCUT2D eigenvalue weighted by Crippen LogP contribution is 2.34. The summed E-state index contributed by atoms with van der Waals surface area (Å²) < 4.78 is 82.0. The summed E-state index contributed by atoms with van der Waals surface area (Å²) in [6.45, 7) is 3.60. The summed E-state index contributed by atoms with van der Waals surface area (Å²) in [4.78, 5) is 20.1. The number of pyridine rings is 1. The third-order valence-electron chi connectivity index (χ3n) is 6.49. The molecule has 1 saturated heterocycles. The molecule has 3 aromatic rings. The Hall–Kier alpha value is -3.89. The van der Waals surface area contributed by atoms with Gasteiger partial charge in [-0.05, 0) is 49.7 Å². The summed E-state index contributed by atoms with van der Waals surface area (Å²) in [6, 6.07) is 9.56. The van der Waals surface area contributed by atoms with Crippen molar-refractivity contribution < 1.29 is 30.8 Å². The van der Waals surface area contributed by atoms with Gasteiger partial charge in [0.05, 0.1) is 38.0 Å². The van der Waals surface area contributed by atoms with Crippen LogP contribution in [0.25, 0.3) is 0 Å². The molecule has 4 rings (SSSR count). The summed E-state index contributed by atoms with van der Waals surface area (Å²) in [5.41, 5.74) is -0.755. The maximum Gasteiger partial charge on any atom is 0.417 e. The van der Waals surface area contributed by atoms with Gasteiger partial charge in [0.15, 0.2) is 0 Å². The van der Waals surface area contributed by atoms with E-state index < -0.39 is 39.1 Å². The van der Waals surface area contributed by atoms with Crippen LogP contribution in [0.3, 0.4) is 0 Å². The molecule has 0 saturated carbocycles. The predicted octanol–water partition coefficient (Wildman–Crippen LogP) is 5.14. The van der Waals surface area contributed by atoms with Crippen LogP contribution in [0.5, 0.6) is 0 Å². The largest absolute Gasteiger partial charge is 0.417 e. The Balaban J connectivity index is 1.57. The van der Waals surface area contributed by atoms with Crippen molar-refractivity contribution in [2.75, 3.05) is 35.8 Å². The third-order valence-corrected chi connectivity index (χ3v) is 8.12. The monoisotopic (exact) mass is 595 g/mol. The number of amides is 1. The molecule has 0 spiro atoms. The topological polar surface area (TPSA) is 106 Å². The van der Waals surface area contributed by atoms with Crippen LogP contribution in [0.2, 0.25) is 5.02 Å². The van der Waals surface area contributed by atoms with Crippen LogP contribution in [-0.2, 0) is 16.2 Å². The van der Waals surface area contributed by atoms with E-state index in [1.165, 1.54) is 17.0 Å². The highest BCUT2D eigenvalue weighted by Gasteiger charge is 2.36. The zero-order valence-corrected chi connectivity index (χ0v) is 22.8. The summed E-state index contributed by atoms with van der Waals surface area (Å²) in [7, 11) is -4.21. The Morgan fingerprint density at radius 2 is 1.75 bits per heavy atom. The zero-order valence-electron chi connectivity index (χ0n) is 21.2. The van der Waals surface area contributed by atoms with Crippen molar-refractivity contribution in [1.82, 2.24) is 9.88 Å². The average Bonchev–Trinajstić information content (AvgIpc) is 2.91. The van der Waals surface area contributed by atoms with Gasteiger partial charge in [0.25, 0.3) is 15.9 Å². The lowest BCUT2D eigenvalue weighted by atomic mass is 10.0. The van der Waals surface area contributed by atoms with Gasteiger partial charge >= 0.3 is 6.18 Å². The Morgan fingerprint density at radius 1 is 1.10 bits per heavy atom. The molecule has 0 radical (unpaired) electrons. The quantitative estimate of drug-likeness (QED) is 0.409. The van der Waals surface area contributed by atoms with Crippen LogP contribution in [0.4, 0.5) is 29.1 Å². The number of halogens is 5. The molecule has 1 aliphatic heterocycles. The number of sulfonamides is 1. The molecular weight excluding hydrogens is 574 g/mol. The molecule has 2 aromatic carbocycles. The first-order valence-electron chi connectivity index (χ1n) is 11.8. The Bertz CT molecular complexity index is 1630. The van der Waals surface area contributed by atoms with Gasteiger partial charge in [-0.15, -0.1) is 0 Å². The molecular formula is C26H22ClF4N5O3S. The van der Waals surface area contributed by atoms with Crippen LogP contribution in [0, 0.1) is 31.0 Å². The van der Waals surface area contributed by atoms with Gasteiger partial charge < -0.3 is 9.80 Å². The van der Waals surface area contributed by atoms with Crippen molar-refractivity contribution in [2.24, 2.45) is 0 Å². The minimum Gasteiger partial charge on any atom is -0.352 e. The van der Waals surface area contributed by atoms with E-state index in [1.807, 2.05) is 6.07 Å². The molecule has 8 nitrogen and oxygen atoms in total. The number of nitriles is 1. The van der Waals surface area contributed by atoms with Crippen molar-refractivity contribution in [3.63, 3.8) is 0 Å². The predicted molar refractivity (Wildman–Crippen MR) is 140 cm³/mol. The second-order valence-electron chi connectivity index (χ2n) is 9.01. The molecule has 14 heteroatoms. The molecule has 0 unspecified atom stereocenters. The summed E-state index contributed by atoms with van der Waals surface area (Å²) in [5.74, 6) is -1.27. The summed E-state index contributed by atoms with van der Waals surface area (Å²) >= 11 is 5.73. The van der Waals surface area contributed by atoms with Gasteiger partial charge in [-0.2, -0.15) is 18.4 Å². The number of alkyl halides is 3. The molecule has 1 N–H and O–H groups in total. The van der Waals surface area contributed by atoms with E-state index >= 15 is 0 Å². The fourth-order valence-corrected chi connectivity index (χ4v) is 5.85. The Labute approximate surface area is 232 Å². The van der Waals surface area contributed by atoms with E-state index in [0.29, 0.717) is 5.56 Å². The van der Waals surface area contributed by atoms with Crippen molar-refractivity contribution in [2.45, 2.75) is 24.9 Å². The molecule has 2 heterocycles. The highest BCUT2D eigenvalue weighted by atomic mass is 35.5. The fraction of sp³-hybridized carbons (Fsp3) is 0.269. The lowest BCUT2D eigenvalue weighted by molar-refractivity contribution is -0.138. The fourth-order valence-electron chi connectivity index (χ4n) is 4.39. The van der Waals surface area contributed by atoms with Crippen molar-refractivity contribution >= 4 is 39.0 Å². The van der Waals surface area contributed by atoms with Gasteiger partial charge in [-0.3, -0.25) is 9.52 Å². The smallest absolute Gasteiger partial charge is 0.352 e. The normalized spacial score (nSPS) is 14.2. The number of nitrogens with zero attached hydrogens (tertiary/aromatic N) is 4. The molecule has 1 fully saturated rings. The molecule has 0 bridgehead atoms. The zero-order chi connectivity index (χ0) is 29.4.